The normalized spacial score (nSPS) is 18.6. The van der Waals surface area contributed by atoms with E-state index in [0.717, 1.165) is 23.5 Å². The van der Waals surface area contributed by atoms with Crippen molar-refractivity contribution in [3.63, 3.8) is 0 Å². The number of hydrogen-bond acceptors (Lipinski definition) is 3. The van der Waals surface area contributed by atoms with Gasteiger partial charge in [-0.2, -0.15) is 0 Å². The third-order valence-corrected chi connectivity index (χ3v) is 5.48. The van der Waals surface area contributed by atoms with E-state index in [-0.39, 0.29) is 5.91 Å². The topological polar surface area (TPSA) is 62.4 Å². The van der Waals surface area contributed by atoms with Crippen molar-refractivity contribution in [3.05, 3.63) is 54.1 Å². The van der Waals surface area contributed by atoms with Gasteiger partial charge in [-0.3, -0.25) is 4.79 Å². The lowest BCUT2D eigenvalue weighted by Crippen LogP contribution is -2.43. The minimum absolute atomic E-state index is 0.155. The Morgan fingerprint density at radius 3 is 2.28 bits per heavy atom. The minimum Gasteiger partial charge on any atom is -0.494 e. The number of nitrogens with one attached hydrogen (secondary N) is 3. The maximum atomic E-state index is 12.5. The molecule has 2 aromatic rings. The highest BCUT2D eigenvalue weighted by Crippen LogP contribution is 2.24. The molecule has 1 fully saturated rings. The summed E-state index contributed by atoms with van der Waals surface area (Å²) in [5.41, 5.74) is 2.18. The molecule has 0 radical (unpaired) electrons. The number of thiocarbonyl (C=S) groups is 1. The third kappa shape index (κ3) is 6.19. The molecule has 1 aliphatic rings. The summed E-state index contributed by atoms with van der Waals surface area (Å²) in [5.74, 6) is 1.27. The van der Waals surface area contributed by atoms with Crippen molar-refractivity contribution < 1.29 is 9.53 Å². The molecule has 5 nitrogen and oxygen atoms in total. The second kappa shape index (κ2) is 10.3. The summed E-state index contributed by atoms with van der Waals surface area (Å²) >= 11 is 5.46. The van der Waals surface area contributed by atoms with Crippen LogP contribution in [0.1, 0.15) is 49.9 Å². The molecule has 154 valence electrons. The van der Waals surface area contributed by atoms with Crippen molar-refractivity contribution >= 4 is 34.6 Å². The summed E-state index contributed by atoms with van der Waals surface area (Å²) in [6.07, 6.45) is 4.97. The number of ether oxygens (including phenoxy) is 1. The molecule has 2 aromatic carbocycles. The van der Waals surface area contributed by atoms with E-state index in [1.807, 2.05) is 43.3 Å². The molecule has 0 saturated heterocycles. The lowest BCUT2D eigenvalue weighted by molar-refractivity contribution is 0.102. The van der Waals surface area contributed by atoms with Gasteiger partial charge in [0.05, 0.1) is 6.61 Å². The number of anilines is 2. The van der Waals surface area contributed by atoms with Gasteiger partial charge in [-0.25, -0.2) is 0 Å². The molecule has 0 aromatic heterocycles. The van der Waals surface area contributed by atoms with E-state index < -0.39 is 0 Å². The van der Waals surface area contributed by atoms with Gasteiger partial charge in [0.25, 0.3) is 5.91 Å². The fraction of sp³-hybridized carbons (Fsp3) is 0.391. The summed E-state index contributed by atoms with van der Waals surface area (Å²) < 4.78 is 5.41. The highest BCUT2D eigenvalue weighted by molar-refractivity contribution is 7.80. The van der Waals surface area contributed by atoms with Gasteiger partial charge in [0.2, 0.25) is 0 Å². The van der Waals surface area contributed by atoms with Crippen LogP contribution in [0.5, 0.6) is 5.75 Å². The van der Waals surface area contributed by atoms with Crippen molar-refractivity contribution in [2.24, 2.45) is 5.92 Å². The molecule has 2 atom stereocenters. The Morgan fingerprint density at radius 1 is 1.00 bits per heavy atom. The molecule has 0 bridgehead atoms. The quantitative estimate of drug-likeness (QED) is 0.570. The van der Waals surface area contributed by atoms with E-state index in [4.69, 9.17) is 17.0 Å². The smallest absolute Gasteiger partial charge is 0.255 e. The van der Waals surface area contributed by atoms with Gasteiger partial charge in [0, 0.05) is 23.0 Å². The van der Waals surface area contributed by atoms with Gasteiger partial charge < -0.3 is 20.7 Å². The Balaban J connectivity index is 1.52. The first-order valence-corrected chi connectivity index (χ1v) is 10.7. The zero-order valence-electron chi connectivity index (χ0n) is 17.0. The molecule has 1 aliphatic carbocycles. The molecular formula is C23H29N3O2S. The highest BCUT2D eigenvalue weighted by atomic mass is 32.1. The average molecular weight is 412 g/mol. The van der Waals surface area contributed by atoms with Crippen LogP contribution in [0.2, 0.25) is 0 Å². The molecule has 0 unspecified atom stereocenters. The predicted molar refractivity (Wildman–Crippen MR) is 123 cm³/mol. The Labute approximate surface area is 178 Å². The second-order valence-corrected chi connectivity index (χ2v) is 7.86. The van der Waals surface area contributed by atoms with Crippen molar-refractivity contribution in [3.8, 4) is 5.75 Å². The first kappa shape index (κ1) is 21.1. The number of amides is 1. The van der Waals surface area contributed by atoms with Gasteiger partial charge in [-0.05, 0) is 86.4 Å². The molecule has 1 saturated carbocycles. The summed E-state index contributed by atoms with van der Waals surface area (Å²) in [6.45, 7) is 4.83. The molecule has 3 N–H and O–H groups in total. The maximum Gasteiger partial charge on any atom is 0.255 e. The zero-order chi connectivity index (χ0) is 20.6. The van der Waals surface area contributed by atoms with Crippen LogP contribution >= 0.6 is 12.2 Å². The number of benzene rings is 2. The standard InChI is InChI=1S/C23H29N3O2S/c1-3-28-20-14-12-18(13-15-20)24-22(27)17-8-10-19(11-9-17)25-23(29)26-21-7-5-4-6-16(21)2/h8-16,21H,3-7H2,1-2H3,(H,24,27)(H2,25,26,29)/t16-,21-/m0/s1. The monoisotopic (exact) mass is 411 g/mol. The lowest BCUT2D eigenvalue weighted by atomic mass is 9.86. The van der Waals surface area contributed by atoms with Crippen LogP contribution in [0.25, 0.3) is 0 Å². The van der Waals surface area contributed by atoms with Crippen LogP contribution in [0, 0.1) is 5.92 Å². The maximum absolute atomic E-state index is 12.5. The van der Waals surface area contributed by atoms with Crippen LogP contribution in [-0.4, -0.2) is 23.7 Å². The first-order valence-electron chi connectivity index (χ1n) is 10.3. The SMILES string of the molecule is CCOc1ccc(NC(=O)c2ccc(NC(=S)N[C@H]3CCCC[C@@H]3C)cc2)cc1. The zero-order valence-corrected chi connectivity index (χ0v) is 17.9. The van der Waals surface area contributed by atoms with Crippen LogP contribution in [-0.2, 0) is 0 Å². The highest BCUT2D eigenvalue weighted by Gasteiger charge is 2.21. The minimum atomic E-state index is -0.155. The van der Waals surface area contributed by atoms with Gasteiger partial charge in [-0.15, -0.1) is 0 Å². The predicted octanol–water partition coefficient (Wildman–Crippen LogP) is 5.20. The number of rotatable bonds is 6. The number of hydrogen-bond donors (Lipinski definition) is 3. The molecule has 29 heavy (non-hydrogen) atoms. The molecule has 1 amide bonds. The number of carbonyl (C=O) groups is 1. The molecule has 3 rings (SSSR count). The van der Waals surface area contributed by atoms with E-state index in [0.29, 0.717) is 29.2 Å². The summed E-state index contributed by atoms with van der Waals surface area (Å²) in [5, 5.41) is 10.2. The average Bonchev–Trinajstić information content (AvgIpc) is 2.72. The van der Waals surface area contributed by atoms with Crippen LogP contribution in [0.4, 0.5) is 11.4 Å². The van der Waals surface area contributed by atoms with Crippen molar-refractivity contribution in [1.82, 2.24) is 5.32 Å². The fourth-order valence-electron chi connectivity index (χ4n) is 3.58. The molecule has 0 heterocycles. The third-order valence-electron chi connectivity index (χ3n) is 5.26. The summed E-state index contributed by atoms with van der Waals surface area (Å²) in [4.78, 5) is 12.5. The van der Waals surface area contributed by atoms with E-state index in [1.165, 1.54) is 19.3 Å². The van der Waals surface area contributed by atoms with E-state index >= 15 is 0 Å². The lowest BCUT2D eigenvalue weighted by Gasteiger charge is -2.30. The fourth-order valence-corrected chi connectivity index (χ4v) is 3.84. The summed E-state index contributed by atoms with van der Waals surface area (Å²) in [7, 11) is 0. The van der Waals surface area contributed by atoms with E-state index in [1.54, 1.807) is 12.1 Å². The van der Waals surface area contributed by atoms with E-state index in [2.05, 4.69) is 22.9 Å². The Morgan fingerprint density at radius 2 is 1.62 bits per heavy atom. The van der Waals surface area contributed by atoms with Gasteiger partial charge in [0.15, 0.2) is 5.11 Å². The van der Waals surface area contributed by atoms with Crippen LogP contribution < -0.4 is 20.7 Å². The van der Waals surface area contributed by atoms with Gasteiger partial charge in [0.1, 0.15) is 5.75 Å². The Kier molecular flexibility index (Phi) is 7.47. The van der Waals surface area contributed by atoms with E-state index in [9.17, 15) is 4.79 Å². The van der Waals surface area contributed by atoms with Crippen molar-refractivity contribution in [2.75, 3.05) is 17.2 Å². The van der Waals surface area contributed by atoms with Crippen molar-refractivity contribution in [2.45, 2.75) is 45.6 Å². The Hall–Kier alpha value is -2.60. The summed E-state index contributed by atoms with van der Waals surface area (Å²) in [6, 6.07) is 15.1. The molecule has 0 aliphatic heterocycles. The largest absolute Gasteiger partial charge is 0.494 e. The second-order valence-electron chi connectivity index (χ2n) is 7.46. The molecular weight excluding hydrogens is 382 g/mol. The van der Waals surface area contributed by atoms with Crippen LogP contribution in [0.3, 0.4) is 0 Å². The van der Waals surface area contributed by atoms with Crippen LogP contribution in [0.15, 0.2) is 48.5 Å². The van der Waals surface area contributed by atoms with Gasteiger partial charge in [-0.1, -0.05) is 19.8 Å². The first-order chi connectivity index (χ1) is 14.0. The molecule has 0 spiro atoms. The number of carbonyl (C=O) groups excluding carboxylic acids is 1. The van der Waals surface area contributed by atoms with Gasteiger partial charge >= 0.3 is 0 Å². The Bertz CT molecular complexity index is 821. The van der Waals surface area contributed by atoms with Crippen molar-refractivity contribution in [1.29, 1.82) is 0 Å². The molecule has 6 heteroatoms.